The van der Waals surface area contributed by atoms with Gasteiger partial charge in [0, 0.05) is 5.69 Å². The maximum atomic E-state index is 4.48. The number of thiazole rings is 1. The number of hydrogen-bond donors (Lipinski definition) is 1. The monoisotopic (exact) mass is 256 g/mol. The largest absolute Gasteiger partial charge is 0.338 e. The van der Waals surface area contributed by atoms with Crippen molar-refractivity contribution < 1.29 is 0 Å². The van der Waals surface area contributed by atoms with Crippen molar-refractivity contribution in [2.75, 3.05) is 5.32 Å². The van der Waals surface area contributed by atoms with Gasteiger partial charge in [-0.05, 0) is 26.0 Å². The van der Waals surface area contributed by atoms with Gasteiger partial charge in [0.2, 0.25) is 0 Å². The molecule has 0 radical (unpaired) electrons. The Morgan fingerprint density at radius 1 is 1.00 bits per heavy atom. The van der Waals surface area contributed by atoms with Gasteiger partial charge in [0.15, 0.2) is 5.82 Å². The summed E-state index contributed by atoms with van der Waals surface area (Å²) in [5, 5.41) is 4.30. The molecule has 18 heavy (non-hydrogen) atoms. The van der Waals surface area contributed by atoms with Gasteiger partial charge in [0.25, 0.3) is 0 Å². The first-order chi connectivity index (χ1) is 8.72. The van der Waals surface area contributed by atoms with Gasteiger partial charge in [-0.15, -0.1) is 0 Å². The summed E-state index contributed by atoms with van der Waals surface area (Å²) >= 11 is 1.59. The maximum Gasteiger partial charge on any atom is 0.161 e. The van der Waals surface area contributed by atoms with E-state index in [4.69, 9.17) is 0 Å². The molecule has 4 nitrogen and oxygen atoms in total. The molecule has 0 fully saturated rings. The van der Waals surface area contributed by atoms with Crippen molar-refractivity contribution in [1.82, 2.24) is 15.0 Å². The third kappa shape index (κ3) is 2.04. The number of nitrogens with zero attached hydrogens (tertiary/aromatic N) is 3. The highest BCUT2D eigenvalue weighted by Gasteiger charge is 2.10. The lowest BCUT2D eigenvalue weighted by Crippen LogP contribution is -1.98. The molecular weight excluding hydrogens is 244 g/mol. The molecule has 1 N–H and O–H groups in total. The molecule has 0 unspecified atom stereocenters. The maximum absolute atomic E-state index is 4.48. The van der Waals surface area contributed by atoms with Crippen LogP contribution in [0.2, 0.25) is 0 Å². The van der Waals surface area contributed by atoms with Gasteiger partial charge in [-0.3, -0.25) is 0 Å². The van der Waals surface area contributed by atoms with E-state index in [1.807, 2.05) is 44.2 Å². The topological polar surface area (TPSA) is 50.7 Å². The molecule has 0 saturated heterocycles. The van der Waals surface area contributed by atoms with E-state index in [1.54, 1.807) is 11.3 Å². The summed E-state index contributed by atoms with van der Waals surface area (Å²) in [5.74, 6) is 1.53. The van der Waals surface area contributed by atoms with Crippen molar-refractivity contribution in [1.29, 1.82) is 0 Å². The van der Waals surface area contributed by atoms with E-state index >= 15 is 0 Å². The van der Waals surface area contributed by atoms with E-state index in [1.165, 1.54) is 0 Å². The summed E-state index contributed by atoms with van der Waals surface area (Å²) in [5.41, 5.74) is 1.84. The third-order valence-corrected chi connectivity index (χ3v) is 3.38. The average Bonchev–Trinajstić information content (AvgIpc) is 2.71. The molecule has 0 bridgehead atoms. The highest BCUT2D eigenvalue weighted by molar-refractivity contribution is 7.18. The standard InChI is InChI=1S/C13H12N4S/c1-8-14-12(17-10-6-4-3-5-7-10)11-13(15-8)18-9(2)16-11/h3-7H,1-2H3,(H,14,15,17). The van der Waals surface area contributed by atoms with Crippen LogP contribution in [0.4, 0.5) is 11.5 Å². The van der Waals surface area contributed by atoms with Gasteiger partial charge in [0.1, 0.15) is 16.2 Å². The van der Waals surface area contributed by atoms with Crippen molar-refractivity contribution in [2.45, 2.75) is 13.8 Å². The molecular formula is C13H12N4S. The molecule has 3 rings (SSSR count). The Balaban J connectivity index is 2.10. The number of aromatic nitrogens is 3. The van der Waals surface area contributed by atoms with E-state index in [0.717, 1.165) is 32.7 Å². The van der Waals surface area contributed by atoms with E-state index in [2.05, 4.69) is 20.3 Å². The fourth-order valence-corrected chi connectivity index (χ4v) is 2.61. The van der Waals surface area contributed by atoms with E-state index in [9.17, 15) is 0 Å². The minimum absolute atomic E-state index is 0.754. The fourth-order valence-electron chi connectivity index (χ4n) is 1.78. The zero-order valence-corrected chi connectivity index (χ0v) is 11.0. The minimum atomic E-state index is 0.754. The van der Waals surface area contributed by atoms with Crippen LogP contribution in [-0.4, -0.2) is 15.0 Å². The summed E-state index contributed by atoms with van der Waals surface area (Å²) in [6, 6.07) is 9.96. The zero-order chi connectivity index (χ0) is 12.5. The number of rotatable bonds is 2. The second kappa shape index (κ2) is 4.34. The average molecular weight is 256 g/mol. The molecule has 0 aliphatic heterocycles. The van der Waals surface area contributed by atoms with Crippen LogP contribution in [0, 0.1) is 13.8 Å². The normalized spacial score (nSPS) is 10.8. The number of benzene rings is 1. The van der Waals surface area contributed by atoms with Gasteiger partial charge in [-0.1, -0.05) is 29.5 Å². The predicted molar refractivity (Wildman–Crippen MR) is 74.4 cm³/mol. The number of hydrogen-bond acceptors (Lipinski definition) is 5. The van der Waals surface area contributed by atoms with Crippen LogP contribution >= 0.6 is 11.3 Å². The lowest BCUT2D eigenvalue weighted by atomic mass is 10.3. The van der Waals surface area contributed by atoms with Gasteiger partial charge < -0.3 is 5.32 Å². The second-order valence-corrected chi connectivity index (χ2v) is 5.18. The van der Waals surface area contributed by atoms with Crippen molar-refractivity contribution in [3.05, 3.63) is 41.2 Å². The molecule has 1 aromatic carbocycles. The zero-order valence-electron chi connectivity index (χ0n) is 10.1. The summed E-state index contributed by atoms with van der Waals surface area (Å²) in [6.45, 7) is 3.87. The summed E-state index contributed by atoms with van der Waals surface area (Å²) in [4.78, 5) is 14.2. The van der Waals surface area contributed by atoms with Crippen molar-refractivity contribution >= 4 is 33.2 Å². The SMILES string of the molecule is Cc1nc(Nc2ccccc2)c2nc(C)sc2n1. The first-order valence-corrected chi connectivity index (χ1v) is 6.48. The Kier molecular flexibility index (Phi) is 2.68. The number of nitrogens with one attached hydrogen (secondary N) is 1. The molecule has 0 spiro atoms. The number of para-hydroxylation sites is 1. The van der Waals surface area contributed by atoms with Gasteiger partial charge in [-0.25, -0.2) is 15.0 Å². The predicted octanol–water partition coefficient (Wildman–Crippen LogP) is 3.45. The summed E-state index contributed by atoms with van der Waals surface area (Å²) in [6.07, 6.45) is 0. The smallest absolute Gasteiger partial charge is 0.161 e. The Morgan fingerprint density at radius 3 is 2.56 bits per heavy atom. The van der Waals surface area contributed by atoms with Crippen molar-refractivity contribution in [2.24, 2.45) is 0 Å². The van der Waals surface area contributed by atoms with Crippen LogP contribution in [0.3, 0.4) is 0 Å². The number of fused-ring (bicyclic) bond motifs is 1. The molecule has 0 atom stereocenters. The van der Waals surface area contributed by atoms with Crippen LogP contribution in [-0.2, 0) is 0 Å². The first-order valence-electron chi connectivity index (χ1n) is 5.66. The van der Waals surface area contributed by atoms with Crippen LogP contribution in [0.5, 0.6) is 0 Å². The van der Waals surface area contributed by atoms with E-state index < -0.39 is 0 Å². The molecule has 2 aromatic heterocycles. The number of aryl methyl sites for hydroxylation is 2. The van der Waals surface area contributed by atoms with Gasteiger partial charge >= 0.3 is 0 Å². The lowest BCUT2D eigenvalue weighted by molar-refractivity contribution is 1.09. The lowest BCUT2D eigenvalue weighted by Gasteiger charge is -2.06. The molecule has 0 amide bonds. The number of anilines is 2. The Bertz CT molecular complexity index is 691. The Labute approximate surface area is 109 Å². The van der Waals surface area contributed by atoms with Gasteiger partial charge in [-0.2, -0.15) is 0 Å². The summed E-state index contributed by atoms with van der Waals surface area (Å²) < 4.78 is 0. The molecule has 2 heterocycles. The summed E-state index contributed by atoms with van der Waals surface area (Å²) in [7, 11) is 0. The molecule has 90 valence electrons. The molecule has 0 saturated carbocycles. The highest BCUT2D eigenvalue weighted by Crippen LogP contribution is 2.27. The van der Waals surface area contributed by atoms with E-state index in [0.29, 0.717) is 0 Å². The Morgan fingerprint density at radius 2 is 1.78 bits per heavy atom. The van der Waals surface area contributed by atoms with Crippen LogP contribution in [0.15, 0.2) is 30.3 Å². The Hall–Kier alpha value is -2.01. The quantitative estimate of drug-likeness (QED) is 0.763. The second-order valence-electron chi connectivity index (χ2n) is 4.00. The molecule has 0 aliphatic carbocycles. The minimum Gasteiger partial charge on any atom is -0.338 e. The van der Waals surface area contributed by atoms with Crippen LogP contribution in [0.1, 0.15) is 10.8 Å². The van der Waals surface area contributed by atoms with Crippen molar-refractivity contribution in [3.63, 3.8) is 0 Å². The highest BCUT2D eigenvalue weighted by atomic mass is 32.1. The molecule has 5 heteroatoms. The fraction of sp³-hybridized carbons (Fsp3) is 0.154. The van der Waals surface area contributed by atoms with Gasteiger partial charge in [0.05, 0.1) is 5.01 Å². The van der Waals surface area contributed by atoms with Crippen LogP contribution < -0.4 is 5.32 Å². The first kappa shape index (κ1) is 11.1. The van der Waals surface area contributed by atoms with Crippen molar-refractivity contribution in [3.8, 4) is 0 Å². The molecule has 0 aliphatic rings. The van der Waals surface area contributed by atoms with E-state index in [-0.39, 0.29) is 0 Å². The third-order valence-electron chi connectivity index (χ3n) is 2.51. The van der Waals surface area contributed by atoms with Crippen LogP contribution in [0.25, 0.3) is 10.3 Å². The molecule has 3 aromatic rings.